The Labute approximate surface area is 71.5 Å². The van der Waals surface area contributed by atoms with Crippen LogP contribution in [0.3, 0.4) is 0 Å². The molecule has 2 heteroatoms. The van der Waals surface area contributed by atoms with E-state index in [0.717, 1.165) is 5.57 Å². The predicted octanol–water partition coefficient (Wildman–Crippen LogP) is 2.78. The lowest BCUT2D eigenvalue weighted by molar-refractivity contribution is 0.352. The number of hydrogen-bond acceptors (Lipinski definition) is 1. The van der Waals surface area contributed by atoms with Crippen molar-refractivity contribution >= 4 is 0 Å². The third kappa shape index (κ3) is 2.74. The van der Waals surface area contributed by atoms with Gasteiger partial charge in [0.2, 0.25) is 0 Å². The topological polar surface area (TPSA) is 9.23 Å². The summed E-state index contributed by atoms with van der Waals surface area (Å²) in [7, 11) is 0. The Morgan fingerprint density at radius 1 is 1.42 bits per heavy atom. The fourth-order valence-corrected chi connectivity index (χ4v) is 0.737. The highest BCUT2D eigenvalue weighted by Crippen LogP contribution is 2.11. The van der Waals surface area contributed by atoms with Crippen molar-refractivity contribution in [2.24, 2.45) is 0 Å². The smallest absolute Gasteiger partial charge is 0.123 e. The zero-order chi connectivity index (χ0) is 8.97. The van der Waals surface area contributed by atoms with Gasteiger partial charge in [0.05, 0.1) is 0 Å². The molecule has 0 aliphatic heterocycles. The highest BCUT2D eigenvalue weighted by Gasteiger charge is 1.93. The second-order valence-corrected chi connectivity index (χ2v) is 2.70. The molecular weight excluding hydrogens is 155 g/mol. The van der Waals surface area contributed by atoms with E-state index in [-0.39, 0.29) is 5.82 Å². The zero-order valence-electron chi connectivity index (χ0n) is 7.01. The van der Waals surface area contributed by atoms with Crippen molar-refractivity contribution in [1.29, 1.82) is 0 Å². The van der Waals surface area contributed by atoms with Crippen molar-refractivity contribution in [1.82, 2.24) is 0 Å². The molecule has 0 aliphatic carbocycles. The van der Waals surface area contributed by atoms with Crippen LogP contribution in [0.1, 0.15) is 6.92 Å². The van der Waals surface area contributed by atoms with Crippen LogP contribution >= 0.6 is 0 Å². The highest BCUT2D eigenvalue weighted by molar-refractivity contribution is 5.22. The Hall–Kier alpha value is -1.31. The summed E-state index contributed by atoms with van der Waals surface area (Å²) in [4.78, 5) is 0. The molecule has 0 aliphatic rings. The standard InChI is InChI=1S/C10H11FO/c1-8(2)7-12-10-5-3-9(11)4-6-10/h3-6H,1,7H2,2H3. The second kappa shape index (κ2) is 3.90. The van der Waals surface area contributed by atoms with Gasteiger partial charge < -0.3 is 4.74 Å². The maximum Gasteiger partial charge on any atom is 0.123 e. The quantitative estimate of drug-likeness (QED) is 0.627. The van der Waals surface area contributed by atoms with E-state index in [2.05, 4.69) is 6.58 Å². The minimum atomic E-state index is -0.252. The van der Waals surface area contributed by atoms with Crippen LogP contribution in [-0.2, 0) is 0 Å². The lowest BCUT2D eigenvalue weighted by Gasteiger charge is -2.04. The number of halogens is 1. The molecule has 64 valence electrons. The molecule has 0 fully saturated rings. The molecule has 1 rings (SSSR count). The van der Waals surface area contributed by atoms with Crippen LogP contribution in [-0.4, -0.2) is 6.61 Å². The summed E-state index contributed by atoms with van der Waals surface area (Å²) in [6.45, 7) is 6.04. The molecule has 0 atom stereocenters. The highest BCUT2D eigenvalue weighted by atomic mass is 19.1. The van der Waals surface area contributed by atoms with Crippen LogP contribution in [0.15, 0.2) is 36.4 Å². The molecule has 0 spiro atoms. The molecule has 1 nitrogen and oxygen atoms in total. The van der Waals surface area contributed by atoms with Crippen LogP contribution in [0.5, 0.6) is 5.75 Å². The van der Waals surface area contributed by atoms with Crippen LogP contribution < -0.4 is 4.74 Å². The van der Waals surface area contributed by atoms with Crippen LogP contribution in [0.2, 0.25) is 0 Å². The normalized spacial score (nSPS) is 9.50. The Morgan fingerprint density at radius 3 is 2.50 bits per heavy atom. The first-order chi connectivity index (χ1) is 5.68. The van der Waals surface area contributed by atoms with Gasteiger partial charge in [-0.15, -0.1) is 0 Å². The Kier molecular flexibility index (Phi) is 2.86. The van der Waals surface area contributed by atoms with E-state index in [0.29, 0.717) is 12.4 Å². The first-order valence-corrected chi connectivity index (χ1v) is 3.71. The van der Waals surface area contributed by atoms with E-state index in [1.807, 2.05) is 6.92 Å². The molecular formula is C10H11FO. The minimum absolute atomic E-state index is 0.252. The summed E-state index contributed by atoms with van der Waals surface area (Å²) >= 11 is 0. The molecule has 0 N–H and O–H groups in total. The van der Waals surface area contributed by atoms with E-state index in [9.17, 15) is 4.39 Å². The molecule has 0 saturated carbocycles. The molecule has 0 unspecified atom stereocenters. The summed E-state index contributed by atoms with van der Waals surface area (Å²) in [6, 6.07) is 5.93. The van der Waals surface area contributed by atoms with Crippen molar-refractivity contribution in [3.05, 3.63) is 42.2 Å². The van der Waals surface area contributed by atoms with E-state index >= 15 is 0 Å². The molecule has 0 amide bonds. The molecule has 0 radical (unpaired) electrons. The van der Waals surface area contributed by atoms with Gasteiger partial charge in [-0.25, -0.2) is 4.39 Å². The van der Waals surface area contributed by atoms with Crippen LogP contribution in [0, 0.1) is 5.82 Å². The number of ether oxygens (including phenoxy) is 1. The molecule has 1 aromatic carbocycles. The average Bonchev–Trinajstić information content (AvgIpc) is 2.03. The van der Waals surface area contributed by atoms with E-state index in [1.54, 1.807) is 12.1 Å². The molecule has 1 aromatic rings. The fraction of sp³-hybridized carbons (Fsp3) is 0.200. The van der Waals surface area contributed by atoms with Gasteiger partial charge in [-0.3, -0.25) is 0 Å². The van der Waals surface area contributed by atoms with Gasteiger partial charge in [0.25, 0.3) is 0 Å². The molecule has 12 heavy (non-hydrogen) atoms. The van der Waals surface area contributed by atoms with E-state index in [4.69, 9.17) is 4.74 Å². The zero-order valence-corrected chi connectivity index (χ0v) is 7.01. The maximum atomic E-state index is 12.4. The minimum Gasteiger partial charge on any atom is -0.489 e. The second-order valence-electron chi connectivity index (χ2n) is 2.70. The summed E-state index contributed by atoms with van der Waals surface area (Å²) in [5.41, 5.74) is 0.944. The molecule has 0 bridgehead atoms. The monoisotopic (exact) mass is 166 g/mol. The summed E-state index contributed by atoms with van der Waals surface area (Å²) in [5, 5.41) is 0. The Balaban J connectivity index is 2.53. The molecule has 0 heterocycles. The van der Waals surface area contributed by atoms with Crippen molar-refractivity contribution in [3.8, 4) is 5.75 Å². The third-order valence-corrected chi connectivity index (χ3v) is 1.30. The summed E-state index contributed by atoms with van der Waals surface area (Å²) < 4.78 is 17.7. The Bertz CT molecular complexity index is 264. The van der Waals surface area contributed by atoms with Crippen molar-refractivity contribution in [2.75, 3.05) is 6.61 Å². The van der Waals surface area contributed by atoms with Gasteiger partial charge in [-0.05, 0) is 36.8 Å². The lowest BCUT2D eigenvalue weighted by atomic mass is 10.3. The summed E-state index contributed by atoms with van der Waals surface area (Å²) in [5.74, 6) is 0.414. The first kappa shape index (κ1) is 8.78. The first-order valence-electron chi connectivity index (χ1n) is 3.71. The van der Waals surface area contributed by atoms with Crippen LogP contribution in [0.4, 0.5) is 4.39 Å². The molecule has 0 aromatic heterocycles. The number of hydrogen-bond donors (Lipinski definition) is 0. The van der Waals surface area contributed by atoms with E-state index in [1.165, 1.54) is 12.1 Å². The molecule has 0 saturated heterocycles. The van der Waals surface area contributed by atoms with E-state index < -0.39 is 0 Å². The fourth-order valence-electron chi connectivity index (χ4n) is 0.737. The van der Waals surface area contributed by atoms with Gasteiger partial charge in [0.15, 0.2) is 0 Å². The van der Waals surface area contributed by atoms with Gasteiger partial charge in [0.1, 0.15) is 18.2 Å². The van der Waals surface area contributed by atoms with Crippen molar-refractivity contribution in [2.45, 2.75) is 6.92 Å². The van der Waals surface area contributed by atoms with Crippen LogP contribution in [0.25, 0.3) is 0 Å². The summed E-state index contributed by atoms with van der Waals surface area (Å²) in [6.07, 6.45) is 0. The largest absolute Gasteiger partial charge is 0.489 e. The van der Waals surface area contributed by atoms with Gasteiger partial charge in [0, 0.05) is 0 Å². The van der Waals surface area contributed by atoms with Crippen molar-refractivity contribution < 1.29 is 9.13 Å². The average molecular weight is 166 g/mol. The van der Waals surface area contributed by atoms with Crippen molar-refractivity contribution in [3.63, 3.8) is 0 Å². The lowest BCUT2D eigenvalue weighted by Crippen LogP contribution is -1.96. The Morgan fingerprint density at radius 2 is 2.00 bits per heavy atom. The maximum absolute atomic E-state index is 12.4. The SMILES string of the molecule is C=C(C)COc1ccc(F)cc1. The van der Waals surface area contributed by atoms with Gasteiger partial charge in [-0.2, -0.15) is 0 Å². The predicted molar refractivity (Wildman–Crippen MR) is 46.7 cm³/mol. The van der Waals surface area contributed by atoms with Gasteiger partial charge >= 0.3 is 0 Å². The number of rotatable bonds is 3. The number of benzene rings is 1. The van der Waals surface area contributed by atoms with Gasteiger partial charge in [-0.1, -0.05) is 6.58 Å². The third-order valence-electron chi connectivity index (χ3n) is 1.30.